The summed E-state index contributed by atoms with van der Waals surface area (Å²) < 4.78 is 33.2. The highest BCUT2D eigenvalue weighted by molar-refractivity contribution is 7.86. The Morgan fingerprint density at radius 1 is 1.05 bits per heavy atom. The predicted molar refractivity (Wildman–Crippen MR) is 79.3 cm³/mol. The van der Waals surface area contributed by atoms with Crippen LogP contribution in [0, 0.1) is 0 Å². The molecule has 0 unspecified atom stereocenters. The van der Waals surface area contributed by atoms with Crippen LogP contribution in [0.5, 0.6) is 0 Å². The van der Waals surface area contributed by atoms with Crippen molar-refractivity contribution in [2.24, 2.45) is 0 Å². The highest BCUT2D eigenvalue weighted by Gasteiger charge is 2.14. The van der Waals surface area contributed by atoms with Gasteiger partial charge in [0.15, 0.2) is 0 Å². The first-order valence-electron chi connectivity index (χ1n) is 7.16. The van der Waals surface area contributed by atoms with E-state index >= 15 is 0 Å². The van der Waals surface area contributed by atoms with E-state index in [9.17, 15) is 13.2 Å². The summed E-state index contributed by atoms with van der Waals surface area (Å²) in [6, 6.07) is 7.86. The average molecular weight is 314 g/mol. The minimum absolute atomic E-state index is 0.0569. The monoisotopic (exact) mass is 314 g/mol. The molecule has 5 nitrogen and oxygen atoms in total. The third kappa shape index (κ3) is 7.24. The molecule has 21 heavy (non-hydrogen) atoms. The molecule has 0 aliphatic heterocycles. The molecule has 0 heterocycles. The fourth-order valence-electron chi connectivity index (χ4n) is 1.72. The second kappa shape index (κ2) is 9.52. The minimum Gasteiger partial charge on any atom is -0.463 e. The van der Waals surface area contributed by atoms with Crippen molar-refractivity contribution >= 4 is 16.1 Å². The third-order valence-corrected chi connectivity index (χ3v) is 4.18. The summed E-state index contributed by atoms with van der Waals surface area (Å²) in [6.45, 7) is 1.87. The van der Waals surface area contributed by atoms with E-state index in [1.165, 1.54) is 12.1 Å². The molecule has 0 aromatic heterocycles. The maximum absolute atomic E-state index is 11.8. The molecule has 0 fully saturated rings. The van der Waals surface area contributed by atoms with Crippen LogP contribution in [0.15, 0.2) is 35.2 Å². The molecule has 6 heteroatoms. The van der Waals surface area contributed by atoms with Crippen molar-refractivity contribution in [2.45, 2.75) is 43.9 Å². The number of esters is 1. The Hall–Kier alpha value is -1.40. The standard InChI is InChI=1S/C15H22O5S/c1-2-3-4-8-11-15(16)19-12-13-20-21(17,18)14-9-6-5-7-10-14/h5-7,9-10H,2-4,8,11-13H2,1H3. The highest BCUT2D eigenvalue weighted by Crippen LogP contribution is 2.11. The lowest BCUT2D eigenvalue weighted by atomic mass is 10.2. The van der Waals surface area contributed by atoms with Gasteiger partial charge in [0.25, 0.3) is 10.1 Å². The van der Waals surface area contributed by atoms with E-state index in [2.05, 4.69) is 6.92 Å². The number of rotatable bonds is 10. The number of carbonyl (C=O) groups excluding carboxylic acids is 1. The zero-order chi connectivity index (χ0) is 15.6. The molecule has 0 radical (unpaired) electrons. The van der Waals surface area contributed by atoms with Crippen molar-refractivity contribution < 1.29 is 22.1 Å². The Morgan fingerprint density at radius 3 is 2.43 bits per heavy atom. The van der Waals surface area contributed by atoms with Crippen LogP contribution < -0.4 is 0 Å². The number of hydrogen-bond donors (Lipinski definition) is 0. The maximum atomic E-state index is 11.8. The van der Waals surface area contributed by atoms with E-state index in [0.29, 0.717) is 6.42 Å². The van der Waals surface area contributed by atoms with Gasteiger partial charge in [0.05, 0.1) is 4.90 Å². The molecule has 1 aromatic rings. The van der Waals surface area contributed by atoms with E-state index < -0.39 is 10.1 Å². The van der Waals surface area contributed by atoms with Crippen molar-refractivity contribution in [1.82, 2.24) is 0 Å². The Bertz CT molecular complexity index is 510. The minimum atomic E-state index is -3.77. The van der Waals surface area contributed by atoms with Gasteiger partial charge in [-0.3, -0.25) is 8.98 Å². The molecule has 118 valence electrons. The van der Waals surface area contributed by atoms with Crippen LogP contribution >= 0.6 is 0 Å². The van der Waals surface area contributed by atoms with Gasteiger partial charge >= 0.3 is 5.97 Å². The van der Waals surface area contributed by atoms with Gasteiger partial charge in [-0.05, 0) is 18.6 Å². The zero-order valence-electron chi connectivity index (χ0n) is 12.3. The van der Waals surface area contributed by atoms with Crippen molar-refractivity contribution in [3.63, 3.8) is 0 Å². The normalized spacial score (nSPS) is 11.3. The molecule has 0 spiro atoms. The summed E-state index contributed by atoms with van der Waals surface area (Å²) in [5, 5.41) is 0. The summed E-state index contributed by atoms with van der Waals surface area (Å²) in [5.74, 6) is -0.313. The first-order valence-corrected chi connectivity index (χ1v) is 8.57. The molecular formula is C15H22O5S. The number of unbranched alkanes of at least 4 members (excludes halogenated alkanes) is 3. The SMILES string of the molecule is CCCCCCC(=O)OCCOS(=O)(=O)c1ccccc1. The molecule has 0 N–H and O–H groups in total. The first-order chi connectivity index (χ1) is 10.1. The van der Waals surface area contributed by atoms with E-state index in [1.807, 2.05) is 0 Å². The summed E-state index contributed by atoms with van der Waals surface area (Å²) in [6.07, 6.45) is 4.39. The topological polar surface area (TPSA) is 69.7 Å². The molecule has 0 saturated carbocycles. The fraction of sp³-hybridized carbons (Fsp3) is 0.533. The molecular weight excluding hydrogens is 292 g/mol. The Balaban J connectivity index is 2.20. The largest absolute Gasteiger partial charge is 0.463 e. The van der Waals surface area contributed by atoms with Crippen LogP contribution in [-0.4, -0.2) is 27.6 Å². The molecule has 0 aliphatic rings. The van der Waals surface area contributed by atoms with E-state index in [1.54, 1.807) is 18.2 Å². The molecule has 0 amide bonds. The number of benzene rings is 1. The summed E-state index contributed by atoms with van der Waals surface area (Å²) >= 11 is 0. The zero-order valence-corrected chi connectivity index (χ0v) is 13.1. The second-order valence-electron chi connectivity index (χ2n) is 4.62. The van der Waals surface area contributed by atoms with Crippen molar-refractivity contribution in [3.05, 3.63) is 30.3 Å². The highest BCUT2D eigenvalue weighted by atomic mass is 32.2. The first kappa shape index (κ1) is 17.7. The Kier molecular flexibility index (Phi) is 8.00. The van der Waals surface area contributed by atoms with Crippen LogP contribution in [0.2, 0.25) is 0 Å². The van der Waals surface area contributed by atoms with Crippen molar-refractivity contribution in [1.29, 1.82) is 0 Å². The number of ether oxygens (including phenoxy) is 1. The van der Waals surface area contributed by atoms with Gasteiger partial charge in [-0.25, -0.2) is 0 Å². The van der Waals surface area contributed by atoms with Gasteiger partial charge in [0.2, 0.25) is 0 Å². The number of carbonyl (C=O) groups is 1. The molecule has 0 bridgehead atoms. The average Bonchev–Trinajstić information content (AvgIpc) is 2.49. The molecule has 0 saturated heterocycles. The van der Waals surface area contributed by atoms with Gasteiger partial charge in [-0.15, -0.1) is 0 Å². The van der Waals surface area contributed by atoms with Crippen LogP contribution in [0.4, 0.5) is 0 Å². The van der Waals surface area contributed by atoms with E-state index in [4.69, 9.17) is 8.92 Å². The predicted octanol–water partition coefficient (Wildman–Crippen LogP) is 2.91. The van der Waals surface area contributed by atoms with Gasteiger partial charge in [-0.2, -0.15) is 8.42 Å². The lowest BCUT2D eigenvalue weighted by molar-refractivity contribution is -0.144. The van der Waals surface area contributed by atoms with Crippen molar-refractivity contribution in [3.8, 4) is 0 Å². The summed E-state index contributed by atoms with van der Waals surface area (Å²) in [7, 11) is -3.77. The van der Waals surface area contributed by atoms with E-state index in [-0.39, 0.29) is 24.1 Å². The molecule has 1 aromatic carbocycles. The summed E-state index contributed by atoms with van der Waals surface area (Å²) in [5.41, 5.74) is 0. The Labute approximate surface area is 126 Å². The lowest BCUT2D eigenvalue weighted by Gasteiger charge is -2.06. The van der Waals surface area contributed by atoms with Gasteiger partial charge in [0.1, 0.15) is 13.2 Å². The smallest absolute Gasteiger partial charge is 0.305 e. The number of hydrogen-bond acceptors (Lipinski definition) is 5. The van der Waals surface area contributed by atoms with Crippen molar-refractivity contribution in [2.75, 3.05) is 13.2 Å². The van der Waals surface area contributed by atoms with Crippen LogP contribution in [0.25, 0.3) is 0 Å². The van der Waals surface area contributed by atoms with Gasteiger partial charge < -0.3 is 4.74 Å². The maximum Gasteiger partial charge on any atom is 0.305 e. The second-order valence-corrected chi connectivity index (χ2v) is 6.24. The van der Waals surface area contributed by atoms with Crippen LogP contribution in [-0.2, 0) is 23.8 Å². The van der Waals surface area contributed by atoms with Gasteiger partial charge in [0, 0.05) is 6.42 Å². The van der Waals surface area contributed by atoms with Crippen LogP contribution in [0.3, 0.4) is 0 Å². The quantitative estimate of drug-likeness (QED) is 0.377. The fourth-order valence-corrected chi connectivity index (χ4v) is 2.64. The summed E-state index contributed by atoms with van der Waals surface area (Å²) in [4.78, 5) is 11.5. The lowest BCUT2D eigenvalue weighted by Crippen LogP contribution is -2.14. The van der Waals surface area contributed by atoms with Gasteiger partial charge in [-0.1, -0.05) is 44.4 Å². The third-order valence-electron chi connectivity index (χ3n) is 2.85. The molecule has 0 atom stereocenters. The van der Waals surface area contributed by atoms with E-state index in [0.717, 1.165) is 25.7 Å². The Morgan fingerprint density at radius 2 is 1.76 bits per heavy atom. The molecule has 1 rings (SSSR count). The molecule has 0 aliphatic carbocycles. The van der Waals surface area contributed by atoms with Crippen LogP contribution in [0.1, 0.15) is 39.0 Å².